The predicted octanol–water partition coefficient (Wildman–Crippen LogP) is 2.52. The van der Waals surface area contributed by atoms with Crippen LogP contribution >= 0.6 is 12.2 Å². The molecule has 0 bridgehead atoms. The molecule has 0 amide bonds. The van der Waals surface area contributed by atoms with Gasteiger partial charge in [-0.15, -0.1) is 0 Å². The molecule has 1 unspecified atom stereocenters. The second kappa shape index (κ2) is 6.66. The summed E-state index contributed by atoms with van der Waals surface area (Å²) in [5.74, 6) is -1.85. The average molecular weight is 313 g/mol. The van der Waals surface area contributed by atoms with Crippen LogP contribution in [-0.2, 0) is 0 Å². The lowest BCUT2D eigenvalue weighted by Gasteiger charge is -2.29. The number of likely N-dealkylation sites (tertiary alicyclic amines) is 1. The van der Waals surface area contributed by atoms with E-state index in [2.05, 4.69) is 11.8 Å². The molecular weight excluding hydrogens is 292 g/mol. The van der Waals surface area contributed by atoms with Gasteiger partial charge in [0.05, 0.1) is 5.69 Å². The third kappa shape index (κ3) is 3.32. The van der Waals surface area contributed by atoms with Crippen molar-refractivity contribution in [2.45, 2.75) is 25.8 Å². The molecule has 0 saturated carbocycles. The first-order chi connectivity index (χ1) is 9.95. The quantitative estimate of drug-likeness (QED) is 0.847. The maximum atomic E-state index is 14.2. The Labute approximate surface area is 129 Å². The normalized spacial score (nSPS) is 19.0. The van der Waals surface area contributed by atoms with Crippen molar-refractivity contribution in [3.05, 3.63) is 29.3 Å². The van der Waals surface area contributed by atoms with Gasteiger partial charge in [-0.3, -0.25) is 4.90 Å². The highest BCUT2D eigenvalue weighted by Gasteiger charge is 2.25. The summed E-state index contributed by atoms with van der Waals surface area (Å²) in [6.45, 7) is 4.86. The zero-order valence-corrected chi connectivity index (χ0v) is 13.2. The summed E-state index contributed by atoms with van der Waals surface area (Å²) >= 11 is 4.72. The number of nitrogens with two attached hydrogens (primary N) is 1. The van der Waals surface area contributed by atoms with E-state index in [4.69, 9.17) is 18.0 Å². The number of likely N-dealkylation sites (N-methyl/N-ethyl adjacent to an activating group) is 2. The first kappa shape index (κ1) is 16.1. The first-order valence-electron chi connectivity index (χ1n) is 7.18. The molecular formula is C15H21F2N3S. The second-order valence-corrected chi connectivity index (χ2v) is 5.87. The number of benzene rings is 1. The van der Waals surface area contributed by atoms with Gasteiger partial charge in [-0.1, -0.05) is 19.1 Å². The van der Waals surface area contributed by atoms with Gasteiger partial charge in [0.25, 0.3) is 0 Å². The van der Waals surface area contributed by atoms with Gasteiger partial charge in [-0.2, -0.15) is 0 Å². The van der Waals surface area contributed by atoms with E-state index in [9.17, 15) is 8.78 Å². The van der Waals surface area contributed by atoms with Gasteiger partial charge in [0.15, 0.2) is 11.6 Å². The van der Waals surface area contributed by atoms with Gasteiger partial charge in [0.2, 0.25) is 0 Å². The summed E-state index contributed by atoms with van der Waals surface area (Å²) in [5, 5.41) is 0. The van der Waals surface area contributed by atoms with Crippen molar-refractivity contribution in [1.82, 2.24) is 4.90 Å². The third-order valence-corrected chi connectivity index (χ3v) is 4.35. The Balaban J connectivity index is 2.18. The summed E-state index contributed by atoms with van der Waals surface area (Å²) in [5.41, 5.74) is 5.58. The summed E-state index contributed by atoms with van der Waals surface area (Å²) < 4.78 is 28.1. The lowest BCUT2D eigenvalue weighted by atomic mass is 10.1. The van der Waals surface area contributed by atoms with E-state index in [1.165, 1.54) is 12.1 Å². The van der Waals surface area contributed by atoms with E-state index >= 15 is 0 Å². The molecule has 1 saturated heterocycles. The second-order valence-electron chi connectivity index (χ2n) is 5.43. The van der Waals surface area contributed by atoms with E-state index < -0.39 is 11.6 Å². The average Bonchev–Trinajstić information content (AvgIpc) is 2.88. The molecule has 6 heteroatoms. The molecule has 0 spiro atoms. The molecule has 1 atom stereocenters. The van der Waals surface area contributed by atoms with Crippen LogP contribution in [0, 0.1) is 11.6 Å². The van der Waals surface area contributed by atoms with Crippen LogP contribution in [-0.4, -0.2) is 42.6 Å². The lowest BCUT2D eigenvalue weighted by molar-refractivity contribution is 0.270. The maximum absolute atomic E-state index is 14.2. The topological polar surface area (TPSA) is 32.5 Å². The number of halogens is 2. The Morgan fingerprint density at radius 1 is 1.43 bits per heavy atom. The highest BCUT2D eigenvalue weighted by molar-refractivity contribution is 7.80. The Morgan fingerprint density at radius 3 is 2.76 bits per heavy atom. The van der Waals surface area contributed by atoms with Crippen LogP contribution in [0.2, 0.25) is 0 Å². The third-order valence-electron chi connectivity index (χ3n) is 4.13. The van der Waals surface area contributed by atoms with Crippen molar-refractivity contribution in [2.75, 3.05) is 31.6 Å². The van der Waals surface area contributed by atoms with Crippen molar-refractivity contribution in [1.29, 1.82) is 0 Å². The zero-order valence-electron chi connectivity index (χ0n) is 12.4. The van der Waals surface area contributed by atoms with Crippen molar-refractivity contribution < 1.29 is 8.78 Å². The van der Waals surface area contributed by atoms with Crippen molar-refractivity contribution >= 4 is 22.9 Å². The van der Waals surface area contributed by atoms with E-state index in [1.54, 1.807) is 11.9 Å². The standard InChI is InChI=1S/C15H21F2N3S/c1-3-20-8-4-5-10(20)9-19(2)12-7-6-11(15(18)21)13(16)14(12)17/h6-7,10H,3-5,8-9H2,1-2H3,(H2,18,21). The Kier molecular flexibility index (Phi) is 5.11. The molecule has 2 N–H and O–H groups in total. The molecule has 116 valence electrons. The van der Waals surface area contributed by atoms with Crippen LogP contribution in [0.1, 0.15) is 25.3 Å². The summed E-state index contributed by atoms with van der Waals surface area (Å²) in [6.07, 6.45) is 2.25. The van der Waals surface area contributed by atoms with Gasteiger partial charge in [-0.05, 0) is 38.1 Å². The number of hydrogen-bond acceptors (Lipinski definition) is 3. The number of thiocarbonyl (C=S) groups is 1. The minimum atomic E-state index is -0.967. The molecule has 3 nitrogen and oxygen atoms in total. The van der Waals surface area contributed by atoms with Gasteiger partial charge in [0.1, 0.15) is 4.99 Å². The number of hydrogen-bond donors (Lipinski definition) is 1. The van der Waals surface area contributed by atoms with Crippen molar-refractivity contribution in [2.24, 2.45) is 5.73 Å². The number of nitrogens with zero attached hydrogens (tertiary/aromatic N) is 2. The maximum Gasteiger partial charge on any atom is 0.182 e. The lowest BCUT2D eigenvalue weighted by Crippen LogP contribution is -2.39. The van der Waals surface area contributed by atoms with Crippen LogP contribution in [0.25, 0.3) is 0 Å². The molecule has 1 aliphatic rings. The summed E-state index contributed by atoms with van der Waals surface area (Å²) in [6, 6.07) is 3.37. The Bertz CT molecular complexity index is 536. The predicted molar refractivity (Wildman–Crippen MR) is 85.8 cm³/mol. The molecule has 1 heterocycles. The molecule has 2 rings (SSSR count). The molecule has 1 aliphatic heterocycles. The first-order valence-corrected chi connectivity index (χ1v) is 7.59. The van der Waals surface area contributed by atoms with Gasteiger partial charge in [-0.25, -0.2) is 8.78 Å². The summed E-state index contributed by atoms with van der Waals surface area (Å²) in [7, 11) is 1.78. The van der Waals surface area contributed by atoms with E-state index in [-0.39, 0.29) is 16.2 Å². The van der Waals surface area contributed by atoms with Crippen LogP contribution in [0.15, 0.2) is 12.1 Å². The number of rotatable bonds is 5. The number of anilines is 1. The monoisotopic (exact) mass is 313 g/mol. The molecule has 0 radical (unpaired) electrons. The highest BCUT2D eigenvalue weighted by atomic mass is 32.1. The molecule has 1 fully saturated rings. The SMILES string of the molecule is CCN1CCCC1CN(C)c1ccc(C(N)=S)c(F)c1F. The van der Waals surface area contributed by atoms with E-state index in [1.807, 2.05) is 0 Å². The smallest absolute Gasteiger partial charge is 0.182 e. The molecule has 0 aliphatic carbocycles. The minimum Gasteiger partial charge on any atom is -0.389 e. The van der Waals surface area contributed by atoms with Crippen LogP contribution < -0.4 is 10.6 Å². The Morgan fingerprint density at radius 2 is 2.14 bits per heavy atom. The fraction of sp³-hybridized carbons (Fsp3) is 0.533. The van der Waals surface area contributed by atoms with Gasteiger partial charge >= 0.3 is 0 Å². The molecule has 1 aromatic carbocycles. The zero-order chi connectivity index (χ0) is 15.6. The van der Waals surface area contributed by atoms with Crippen LogP contribution in [0.3, 0.4) is 0 Å². The van der Waals surface area contributed by atoms with Gasteiger partial charge < -0.3 is 10.6 Å². The highest BCUT2D eigenvalue weighted by Crippen LogP contribution is 2.25. The minimum absolute atomic E-state index is 0.0456. The van der Waals surface area contributed by atoms with Crippen LogP contribution in [0.5, 0.6) is 0 Å². The van der Waals surface area contributed by atoms with E-state index in [0.29, 0.717) is 12.6 Å². The molecule has 1 aromatic rings. The van der Waals surface area contributed by atoms with Crippen molar-refractivity contribution in [3.63, 3.8) is 0 Å². The van der Waals surface area contributed by atoms with Gasteiger partial charge in [0, 0.05) is 25.2 Å². The molecule has 21 heavy (non-hydrogen) atoms. The fourth-order valence-electron chi connectivity index (χ4n) is 2.96. The fourth-order valence-corrected chi connectivity index (χ4v) is 3.11. The largest absolute Gasteiger partial charge is 0.389 e. The van der Waals surface area contributed by atoms with Crippen molar-refractivity contribution in [3.8, 4) is 0 Å². The summed E-state index contributed by atoms with van der Waals surface area (Å²) in [4.78, 5) is 4.00. The van der Waals surface area contributed by atoms with E-state index in [0.717, 1.165) is 25.9 Å². The molecule has 0 aromatic heterocycles. The van der Waals surface area contributed by atoms with Crippen LogP contribution in [0.4, 0.5) is 14.5 Å². The Hall–Kier alpha value is -1.27.